The van der Waals surface area contributed by atoms with E-state index in [1.54, 1.807) is 19.2 Å². The van der Waals surface area contributed by atoms with Crippen LogP contribution in [-0.4, -0.2) is 43.5 Å². The van der Waals surface area contributed by atoms with Crippen LogP contribution < -0.4 is 15.4 Å². The average Bonchev–Trinajstić information content (AvgIpc) is 2.65. The lowest BCUT2D eigenvalue weighted by atomic mass is 10.3. The van der Waals surface area contributed by atoms with Crippen molar-refractivity contribution in [1.29, 1.82) is 0 Å². The minimum atomic E-state index is -0.264. The zero-order valence-corrected chi connectivity index (χ0v) is 14.5. The van der Waals surface area contributed by atoms with Gasteiger partial charge in [0.2, 0.25) is 11.8 Å². The number of anilines is 2. The van der Waals surface area contributed by atoms with Crippen molar-refractivity contribution < 1.29 is 14.3 Å². The summed E-state index contributed by atoms with van der Waals surface area (Å²) >= 11 is 0. The maximum atomic E-state index is 12.3. The third kappa shape index (κ3) is 5.53. The summed E-state index contributed by atoms with van der Waals surface area (Å²) in [5, 5.41) is 5.83. The van der Waals surface area contributed by atoms with Crippen molar-refractivity contribution in [3.05, 3.63) is 54.6 Å². The van der Waals surface area contributed by atoms with Crippen LogP contribution >= 0.6 is 0 Å². The molecule has 0 fully saturated rings. The first-order valence-corrected chi connectivity index (χ1v) is 8.13. The highest BCUT2D eigenvalue weighted by atomic mass is 16.5. The SMILES string of the molecule is CCN(CC(=O)Nc1ccccc1OC)C(=O)CNc1ccccc1. The number of ether oxygens (including phenoxy) is 1. The molecule has 2 rings (SSSR count). The first kappa shape index (κ1) is 18.3. The second-order valence-corrected chi connectivity index (χ2v) is 5.38. The molecule has 2 N–H and O–H groups in total. The molecule has 0 saturated carbocycles. The Hall–Kier alpha value is -3.02. The topological polar surface area (TPSA) is 70.7 Å². The number of methoxy groups -OCH3 is 1. The van der Waals surface area contributed by atoms with Crippen LogP contribution in [0.25, 0.3) is 0 Å². The Bertz CT molecular complexity index is 704. The number of hydrogen-bond acceptors (Lipinski definition) is 4. The van der Waals surface area contributed by atoms with Gasteiger partial charge in [0, 0.05) is 12.2 Å². The Kier molecular flexibility index (Phi) is 6.83. The minimum absolute atomic E-state index is 0.0101. The Morgan fingerprint density at radius 1 is 1.04 bits per heavy atom. The van der Waals surface area contributed by atoms with Crippen LogP contribution in [0.2, 0.25) is 0 Å². The van der Waals surface area contributed by atoms with Crippen molar-refractivity contribution >= 4 is 23.2 Å². The van der Waals surface area contributed by atoms with Crippen LogP contribution in [-0.2, 0) is 9.59 Å². The monoisotopic (exact) mass is 341 g/mol. The Morgan fingerprint density at radius 2 is 1.72 bits per heavy atom. The lowest BCUT2D eigenvalue weighted by molar-refractivity contribution is -0.132. The fourth-order valence-electron chi connectivity index (χ4n) is 2.33. The van der Waals surface area contributed by atoms with Gasteiger partial charge in [-0.15, -0.1) is 0 Å². The van der Waals surface area contributed by atoms with Gasteiger partial charge in [-0.05, 0) is 31.2 Å². The summed E-state index contributed by atoms with van der Waals surface area (Å²) < 4.78 is 5.21. The molecule has 0 aliphatic heterocycles. The summed E-state index contributed by atoms with van der Waals surface area (Å²) in [5.41, 5.74) is 1.45. The van der Waals surface area contributed by atoms with Crippen molar-refractivity contribution in [2.24, 2.45) is 0 Å². The molecule has 0 bridgehead atoms. The number of amides is 2. The number of rotatable bonds is 8. The fourth-order valence-corrected chi connectivity index (χ4v) is 2.33. The smallest absolute Gasteiger partial charge is 0.244 e. The molecular formula is C19H23N3O3. The van der Waals surface area contributed by atoms with Crippen molar-refractivity contribution in [2.45, 2.75) is 6.92 Å². The first-order chi connectivity index (χ1) is 12.1. The molecule has 6 nitrogen and oxygen atoms in total. The lowest BCUT2D eigenvalue weighted by Crippen LogP contribution is -2.40. The van der Waals surface area contributed by atoms with Crippen LogP contribution in [0.4, 0.5) is 11.4 Å². The molecule has 0 heterocycles. The van der Waals surface area contributed by atoms with Gasteiger partial charge in [0.1, 0.15) is 5.75 Å². The van der Waals surface area contributed by atoms with Gasteiger partial charge < -0.3 is 20.3 Å². The number of hydrogen-bond donors (Lipinski definition) is 2. The molecule has 2 aromatic carbocycles. The number of nitrogens with zero attached hydrogens (tertiary/aromatic N) is 1. The summed E-state index contributed by atoms with van der Waals surface area (Å²) in [6.07, 6.45) is 0. The van der Waals surface area contributed by atoms with E-state index < -0.39 is 0 Å². The third-order valence-electron chi connectivity index (χ3n) is 3.67. The number of likely N-dealkylation sites (N-methyl/N-ethyl adjacent to an activating group) is 1. The lowest BCUT2D eigenvalue weighted by Gasteiger charge is -2.21. The molecule has 0 saturated heterocycles. The van der Waals surface area contributed by atoms with Crippen molar-refractivity contribution in [2.75, 3.05) is 37.4 Å². The van der Waals surface area contributed by atoms with Crippen molar-refractivity contribution in [3.63, 3.8) is 0 Å². The highest BCUT2D eigenvalue weighted by Gasteiger charge is 2.16. The maximum absolute atomic E-state index is 12.3. The van der Waals surface area contributed by atoms with E-state index in [1.807, 2.05) is 49.4 Å². The van der Waals surface area contributed by atoms with Crippen molar-refractivity contribution in [3.8, 4) is 5.75 Å². The molecule has 0 unspecified atom stereocenters. The molecular weight excluding hydrogens is 318 g/mol. The predicted molar refractivity (Wildman–Crippen MR) is 98.8 cm³/mol. The van der Waals surface area contributed by atoms with Gasteiger partial charge >= 0.3 is 0 Å². The molecule has 0 aliphatic carbocycles. The van der Waals surface area contributed by atoms with E-state index in [0.717, 1.165) is 5.69 Å². The van der Waals surface area contributed by atoms with Gasteiger partial charge in [-0.3, -0.25) is 9.59 Å². The molecule has 0 atom stereocenters. The summed E-state index contributed by atoms with van der Waals surface area (Å²) in [6, 6.07) is 16.6. The quantitative estimate of drug-likeness (QED) is 0.774. The van der Waals surface area contributed by atoms with Crippen LogP contribution in [0.5, 0.6) is 5.75 Å². The van der Waals surface area contributed by atoms with Gasteiger partial charge in [-0.25, -0.2) is 0 Å². The largest absolute Gasteiger partial charge is 0.495 e. The van der Waals surface area contributed by atoms with E-state index >= 15 is 0 Å². The molecule has 6 heteroatoms. The number of carbonyl (C=O) groups is 2. The van der Waals surface area contributed by atoms with Crippen LogP contribution in [0.1, 0.15) is 6.92 Å². The predicted octanol–water partition coefficient (Wildman–Crippen LogP) is 2.59. The Labute approximate surface area is 147 Å². The van der Waals surface area contributed by atoms with Gasteiger partial charge in [0.05, 0.1) is 25.9 Å². The summed E-state index contributed by atoms with van der Waals surface area (Å²) in [7, 11) is 1.54. The molecule has 0 aliphatic rings. The van der Waals surface area contributed by atoms with Gasteiger partial charge in [0.15, 0.2) is 0 Å². The number of para-hydroxylation sites is 3. The van der Waals surface area contributed by atoms with Crippen LogP contribution in [0.15, 0.2) is 54.6 Å². The van der Waals surface area contributed by atoms with E-state index in [1.165, 1.54) is 4.90 Å². The van der Waals surface area contributed by atoms with E-state index in [4.69, 9.17) is 4.74 Å². The number of nitrogens with one attached hydrogen (secondary N) is 2. The standard InChI is InChI=1S/C19H23N3O3/c1-3-22(19(24)13-20-15-9-5-4-6-10-15)14-18(23)21-16-11-7-8-12-17(16)25-2/h4-12,20H,3,13-14H2,1-2H3,(H,21,23). The highest BCUT2D eigenvalue weighted by molar-refractivity contribution is 5.96. The van der Waals surface area contributed by atoms with Crippen LogP contribution in [0, 0.1) is 0 Å². The third-order valence-corrected chi connectivity index (χ3v) is 3.67. The molecule has 0 radical (unpaired) electrons. The molecule has 25 heavy (non-hydrogen) atoms. The van der Waals surface area contributed by atoms with E-state index in [9.17, 15) is 9.59 Å². The van der Waals surface area contributed by atoms with Crippen molar-refractivity contribution in [1.82, 2.24) is 4.90 Å². The normalized spacial score (nSPS) is 10.0. The summed E-state index contributed by atoms with van der Waals surface area (Å²) in [5.74, 6) is 0.178. The van der Waals surface area contributed by atoms with E-state index in [-0.39, 0.29) is 24.9 Å². The maximum Gasteiger partial charge on any atom is 0.244 e. The summed E-state index contributed by atoms with van der Waals surface area (Å²) in [6.45, 7) is 2.43. The molecule has 0 spiro atoms. The Balaban J connectivity index is 1.89. The average molecular weight is 341 g/mol. The molecule has 2 aromatic rings. The Morgan fingerprint density at radius 3 is 2.40 bits per heavy atom. The molecule has 132 valence electrons. The van der Waals surface area contributed by atoms with Gasteiger partial charge in [-0.1, -0.05) is 30.3 Å². The van der Waals surface area contributed by atoms with Gasteiger partial charge in [-0.2, -0.15) is 0 Å². The first-order valence-electron chi connectivity index (χ1n) is 8.13. The zero-order valence-electron chi connectivity index (χ0n) is 14.5. The van der Waals surface area contributed by atoms with Crippen LogP contribution in [0.3, 0.4) is 0 Å². The van der Waals surface area contributed by atoms with E-state index in [0.29, 0.717) is 18.0 Å². The number of carbonyl (C=O) groups excluding carboxylic acids is 2. The molecule has 2 amide bonds. The fraction of sp³-hybridized carbons (Fsp3) is 0.263. The minimum Gasteiger partial charge on any atom is -0.495 e. The van der Waals surface area contributed by atoms with E-state index in [2.05, 4.69) is 10.6 Å². The highest BCUT2D eigenvalue weighted by Crippen LogP contribution is 2.22. The molecule has 0 aromatic heterocycles. The van der Waals surface area contributed by atoms with Gasteiger partial charge in [0.25, 0.3) is 0 Å². The second-order valence-electron chi connectivity index (χ2n) is 5.38. The number of benzene rings is 2. The second kappa shape index (κ2) is 9.32. The zero-order chi connectivity index (χ0) is 18.1. The summed E-state index contributed by atoms with van der Waals surface area (Å²) in [4.78, 5) is 26.1.